The highest BCUT2D eigenvalue weighted by atomic mass is 16.5. The molecule has 1 aromatic heterocycles. The van der Waals surface area contributed by atoms with Crippen LogP contribution in [0.2, 0.25) is 0 Å². The number of piperidine rings is 1. The highest BCUT2D eigenvalue weighted by Gasteiger charge is 2.32. The van der Waals surface area contributed by atoms with Crippen LogP contribution >= 0.6 is 0 Å². The molecule has 3 aliphatic rings. The van der Waals surface area contributed by atoms with E-state index in [0.29, 0.717) is 36.5 Å². The lowest BCUT2D eigenvalue weighted by atomic mass is 9.92. The van der Waals surface area contributed by atoms with Gasteiger partial charge in [-0.3, -0.25) is 0 Å². The Morgan fingerprint density at radius 3 is 2.77 bits per heavy atom. The number of rotatable bonds is 5. The van der Waals surface area contributed by atoms with Gasteiger partial charge in [-0.2, -0.15) is 4.98 Å². The number of nitrogens with one attached hydrogen (secondary N) is 2. The Bertz CT molecular complexity index is 1020. The number of hydrogen-bond donors (Lipinski definition) is 3. The average Bonchev–Trinajstić information content (AvgIpc) is 2.78. The van der Waals surface area contributed by atoms with E-state index in [1.54, 1.807) is 6.08 Å². The number of allylic oxidation sites excluding steroid dienone is 2. The molecule has 0 amide bonds. The summed E-state index contributed by atoms with van der Waals surface area (Å²) in [5.41, 5.74) is 10.8. The predicted molar refractivity (Wildman–Crippen MR) is 120 cm³/mol. The highest BCUT2D eigenvalue weighted by Crippen LogP contribution is 2.38. The van der Waals surface area contributed by atoms with Gasteiger partial charge in [0, 0.05) is 29.8 Å². The molecule has 2 bridgehead atoms. The number of methoxy groups -OCH3 is 1. The number of morpholine rings is 1. The summed E-state index contributed by atoms with van der Waals surface area (Å²) in [6.07, 6.45) is 3.79. The van der Waals surface area contributed by atoms with Gasteiger partial charge in [-0.15, -0.1) is 0 Å². The van der Waals surface area contributed by atoms with Crippen molar-refractivity contribution in [2.75, 3.05) is 25.6 Å². The zero-order valence-electron chi connectivity index (χ0n) is 17.7. The van der Waals surface area contributed by atoms with Crippen LogP contribution in [0.25, 0.3) is 16.7 Å². The molecule has 162 valence electrons. The van der Waals surface area contributed by atoms with Crippen molar-refractivity contribution >= 4 is 11.4 Å². The molecule has 31 heavy (non-hydrogen) atoms. The number of aromatic nitrogens is 1. The Morgan fingerprint density at radius 1 is 1.23 bits per heavy atom. The van der Waals surface area contributed by atoms with Gasteiger partial charge in [-0.25, -0.2) is 0 Å². The van der Waals surface area contributed by atoms with Crippen molar-refractivity contribution in [3.8, 4) is 17.0 Å². The van der Waals surface area contributed by atoms with E-state index >= 15 is 0 Å². The van der Waals surface area contributed by atoms with Crippen molar-refractivity contribution < 1.29 is 14.2 Å². The van der Waals surface area contributed by atoms with Gasteiger partial charge < -0.3 is 30.6 Å². The van der Waals surface area contributed by atoms with Crippen molar-refractivity contribution in [3.63, 3.8) is 0 Å². The molecule has 4 heterocycles. The Balaban J connectivity index is 1.34. The van der Waals surface area contributed by atoms with Crippen LogP contribution in [-0.4, -0.2) is 43.4 Å². The third-order valence-corrected chi connectivity index (χ3v) is 6.14. The van der Waals surface area contributed by atoms with Crippen molar-refractivity contribution in [1.82, 2.24) is 10.3 Å². The Labute approximate surface area is 182 Å². The van der Waals surface area contributed by atoms with Gasteiger partial charge >= 0.3 is 0 Å². The topological polar surface area (TPSA) is 90.7 Å². The second kappa shape index (κ2) is 8.24. The maximum atomic E-state index is 6.01. The van der Waals surface area contributed by atoms with Gasteiger partial charge in [0.25, 0.3) is 0 Å². The number of nitrogens with zero attached hydrogens (tertiary/aromatic N) is 1. The molecule has 2 saturated heterocycles. The van der Waals surface area contributed by atoms with Crippen molar-refractivity contribution in [1.29, 1.82) is 0 Å². The second-order valence-electron chi connectivity index (χ2n) is 8.40. The van der Waals surface area contributed by atoms with Crippen LogP contribution in [0.3, 0.4) is 0 Å². The van der Waals surface area contributed by atoms with Gasteiger partial charge in [-0.05, 0) is 53.3 Å². The molecule has 2 aromatic rings. The summed E-state index contributed by atoms with van der Waals surface area (Å²) in [7, 11) is 1.54. The monoisotopic (exact) mass is 420 g/mol. The molecule has 0 saturated carbocycles. The molecule has 4 N–H and O–H groups in total. The quantitative estimate of drug-likeness (QED) is 0.506. The molecule has 0 radical (unpaired) electrons. The first-order chi connectivity index (χ1) is 15.1. The summed E-state index contributed by atoms with van der Waals surface area (Å²) in [6, 6.07) is 11.6. The smallest absolute Gasteiger partial charge is 0.223 e. The number of ether oxygens (including phenoxy) is 3. The fourth-order valence-electron chi connectivity index (χ4n) is 4.64. The number of nitrogens with two attached hydrogens (primary N) is 1. The lowest BCUT2D eigenvalue weighted by Crippen LogP contribution is -2.56. The first-order valence-corrected chi connectivity index (χ1v) is 10.7. The minimum Gasteiger partial charge on any atom is -0.483 e. The predicted octanol–water partition coefficient (Wildman–Crippen LogP) is 3.03. The summed E-state index contributed by atoms with van der Waals surface area (Å²) in [6.45, 7) is 6.13. The maximum Gasteiger partial charge on any atom is 0.223 e. The molecular formula is C24H28N4O3. The molecule has 3 aliphatic heterocycles. The van der Waals surface area contributed by atoms with E-state index in [-0.39, 0.29) is 0 Å². The van der Waals surface area contributed by atoms with Gasteiger partial charge in [0.05, 0.1) is 20.3 Å². The van der Waals surface area contributed by atoms with E-state index in [2.05, 4.69) is 35.4 Å². The second-order valence-corrected chi connectivity index (χ2v) is 8.40. The zero-order chi connectivity index (χ0) is 21.4. The van der Waals surface area contributed by atoms with E-state index < -0.39 is 0 Å². The molecule has 1 unspecified atom stereocenters. The minimum atomic E-state index is 0.332. The first-order valence-electron chi connectivity index (χ1n) is 10.7. The molecule has 0 aliphatic carbocycles. The molecule has 0 spiro atoms. The Morgan fingerprint density at radius 2 is 2.00 bits per heavy atom. The molecule has 2 fully saturated rings. The molecular weight excluding hydrogens is 392 g/mol. The number of pyridine rings is 1. The van der Waals surface area contributed by atoms with Gasteiger partial charge in [-0.1, -0.05) is 18.7 Å². The zero-order valence-corrected chi connectivity index (χ0v) is 17.7. The fraction of sp³-hybridized carbons (Fsp3) is 0.375. The highest BCUT2D eigenvalue weighted by molar-refractivity contribution is 5.79. The third kappa shape index (κ3) is 4.11. The standard InChI is InChI=1S/C24H28N4O3/c1-14(7-22(25)29-2)15-3-4-20-16(8-15)11-31-24-21(20)5-6-23(28-24)27-17-9-18-12-30-13-19(10-17)26-18/h3-8,17-19,26H,1,9-13,25H2,2H3,(H,27,28)/b22-7+/t17?,18-,19+. The summed E-state index contributed by atoms with van der Waals surface area (Å²) in [5.74, 6) is 1.86. The normalized spacial score (nSPS) is 24.4. The molecule has 5 rings (SSSR count). The van der Waals surface area contributed by atoms with E-state index in [9.17, 15) is 0 Å². The molecule has 3 atom stereocenters. The summed E-state index contributed by atoms with van der Waals surface area (Å²) in [5, 5.41) is 7.22. The lowest BCUT2D eigenvalue weighted by Gasteiger charge is -2.40. The van der Waals surface area contributed by atoms with Crippen LogP contribution in [0.4, 0.5) is 5.82 Å². The number of benzene rings is 1. The Kier molecular flexibility index (Phi) is 5.29. The average molecular weight is 421 g/mol. The van der Waals surface area contributed by atoms with Gasteiger partial charge in [0.2, 0.25) is 5.88 Å². The fourth-order valence-corrected chi connectivity index (χ4v) is 4.64. The number of hydrogen-bond acceptors (Lipinski definition) is 7. The molecule has 7 heteroatoms. The SMILES string of the molecule is C=C(/C=C(\N)OC)c1ccc2c(c1)COc1nc(NC3C[C@H]4COC[C@@H](C3)N4)ccc1-2. The van der Waals surface area contributed by atoms with Gasteiger partial charge in [0.1, 0.15) is 12.4 Å². The van der Waals surface area contributed by atoms with E-state index in [1.165, 1.54) is 7.11 Å². The number of anilines is 1. The van der Waals surface area contributed by atoms with Crippen molar-refractivity contribution in [2.45, 2.75) is 37.6 Å². The third-order valence-electron chi connectivity index (χ3n) is 6.14. The number of fused-ring (bicyclic) bond motifs is 5. The lowest BCUT2D eigenvalue weighted by molar-refractivity contribution is 0.0207. The Hall–Kier alpha value is -3.03. The van der Waals surface area contributed by atoms with Crippen molar-refractivity contribution in [2.24, 2.45) is 5.73 Å². The summed E-state index contributed by atoms with van der Waals surface area (Å²) >= 11 is 0. The van der Waals surface area contributed by atoms with Crippen LogP contribution in [-0.2, 0) is 16.1 Å². The van der Waals surface area contributed by atoms with Crippen LogP contribution in [0.1, 0.15) is 24.0 Å². The van der Waals surface area contributed by atoms with Crippen LogP contribution in [0.15, 0.2) is 48.9 Å². The molecule has 7 nitrogen and oxygen atoms in total. The van der Waals surface area contributed by atoms with Crippen molar-refractivity contribution in [3.05, 3.63) is 60.0 Å². The van der Waals surface area contributed by atoms with E-state index in [4.69, 9.17) is 24.9 Å². The van der Waals surface area contributed by atoms with Gasteiger partial charge in [0.15, 0.2) is 5.88 Å². The van der Waals surface area contributed by atoms with Crippen LogP contribution in [0.5, 0.6) is 5.88 Å². The minimum absolute atomic E-state index is 0.332. The summed E-state index contributed by atoms with van der Waals surface area (Å²) in [4.78, 5) is 4.76. The largest absolute Gasteiger partial charge is 0.483 e. The van der Waals surface area contributed by atoms with Crippen LogP contribution < -0.4 is 21.1 Å². The van der Waals surface area contributed by atoms with Crippen LogP contribution in [0, 0.1) is 0 Å². The maximum absolute atomic E-state index is 6.01. The summed E-state index contributed by atoms with van der Waals surface area (Å²) < 4.78 is 16.7. The molecule has 1 aromatic carbocycles. The van der Waals surface area contributed by atoms with E-state index in [0.717, 1.165) is 59.7 Å². The first kappa shape index (κ1) is 19.9. The van der Waals surface area contributed by atoms with E-state index in [1.807, 2.05) is 12.1 Å².